The predicted molar refractivity (Wildman–Crippen MR) is 91.5 cm³/mol. The van der Waals surface area contributed by atoms with Crippen LogP contribution in [0.3, 0.4) is 0 Å². The Morgan fingerprint density at radius 2 is 1.83 bits per heavy atom. The van der Waals surface area contributed by atoms with Gasteiger partial charge < -0.3 is 10.0 Å². The van der Waals surface area contributed by atoms with E-state index in [9.17, 15) is 9.90 Å². The van der Waals surface area contributed by atoms with Crippen LogP contribution in [0.15, 0.2) is 54.6 Å². The molecule has 0 radical (unpaired) electrons. The van der Waals surface area contributed by atoms with Crippen molar-refractivity contribution in [2.75, 3.05) is 13.1 Å². The standard InChI is InChI=1S/C19H20ClNO2/c20-17-11-5-4-10-16(17)18(22)15-9-6-12-21(13-15)19(23)14-7-2-1-3-8-14/h1-5,7-8,10-11,15,18,22H,6,9,12-13H2. The van der Waals surface area contributed by atoms with E-state index in [1.165, 1.54) is 0 Å². The fraction of sp³-hybridized carbons (Fsp3) is 0.316. The summed E-state index contributed by atoms with van der Waals surface area (Å²) in [7, 11) is 0. The fourth-order valence-electron chi connectivity index (χ4n) is 3.18. The van der Waals surface area contributed by atoms with E-state index in [1.54, 1.807) is 6.07 Å². The molecule has 1 aliphatic heterocycles. The van der Waals surface area contributed by atoms with Gasteiger partial charge in [0.1, 0.15) is 0 Å². The molecule has 1 fully saturated rings. The van der Waals surface area contributed by atoms with Gasteiger partial charge in [0, 0.05) is 29.6 Å². The number of aliphatic hydroxyl groups is 1. The minimum Gasteiger partial charge on any atom is -0.388 e. The number of aliphatic hydroxyl groups excluding tert-OH is 1. The molecule has 1 amide bonds. The number of halogens is 1. The Kier molecular flexibility index (Phi) is 4.99. The van der Waals surface area contributed by atoms with Crippen LogP contribution in [0.2, 0.25) is 5.02 Å². The zero-order chi connectivity index (χ0) is 16.2. The Bertz CT molecular complexity index is 674. The summed E-state index contributed by atoms with van der Waals surface area (Å²) in [5.41, 5.74) is 1.44. The van der Waals surface area contributed by atoms with Gasteiger partial charge in [-0.25, -0.2) is 0 Å². The van der Waals surface area contributed by atoms with Gasteiger partial charge in [0.15, 0.2) is 0 Å². The molecule has 1 aliphatic rings. The van der Waals surface area contributed by atoms with E-state index in [0.29, 0.717) is 17.1 Å². The first kappa shape index (κ1) is 16.0. The Morgan fingerprint density at radius 1 is 1.13 bits per heavy atom. The third kappa shape index (κ3) is 3.57. The maximum atomic E-state index is 12.6. The number of hydrogen-bond acceptors (Lipinski definition) is 2. The van der Waals surface area contributed by atoms with Crippen molar-refractivity contribution in [3.05, 3.63) is 70.7 Å². The van der Waals surface area contributed by atoms with Gasteiger partial charge in [-0.05, 0) is 36.6 Å². The van der Waals surface area contributed by atoms with Gasteiger partial charge in [0.25, 0.3) is 5.91 Å². The number of carbonyl (C=O) groups excluding carboxylic acids is 1. The minimum absolute atomic E-state index is 0.0105. The number of likely N-dealkylation sites (tertiary alicyclic amines) is 1. The van der Waals surface area contributed by atoms with Gasteiger partial charge in [0.05, 0.1) is 6.10 Å². The number of carbonyl (C=O) groups is 1. The van der Waals surface area contributed by atoms with Crippen molar-refractivity contribution >= 4 is 17.5 Å². The highest BCUT2D eigenvalue weighted by Crippen LogP contribution is 2.33. The normalized spacial score (nSPS) is 19.4. The SMILES string of the molecule is O=C(c1ccccc1)N1CCCC(C(O)c2ccccc2Cl)C1. The number of hydrogen-bond donors (Lipinski definition) is 1. The summed E-state index contributed by atoms with van der Waals surface area (Å²) in [6, 6.07) is 16.7. The summed E-state index contributed by atoms with van der Waals surface area (Å²) in [4.78, 5) is 14.4. The molecule has 0 bridgehead atoms. The first-order valence-electron chi connectivity index (χ1n) is 7.93. The third-order valence-electron chi connectivity index (χ3n) is 4.44. The Hall–Kier alpha value is -1.84. The second-order valence-electron chi connectivity index (χ2n) is 5.99. The van der Waals surface area contributed by atoms with Gasteiger partial charge in [-0.15, -0.1) is 0 Å². The van der Waals surface area contributed by atoms with Crippen molar-refractivity contribution in [2.24, 2.45) is 5.92 Å². The van der Waals surface area contributed by atoms with Crippen LogP contribution in [-0.2, 0) is 0 Å². The van der Waals surface area contributed by atoms with Gasteiger partial charge in [-0.2, -0.15) is 0 Å². The van der Waals surface area contributed by atoms with Crippen LogP contribution in [0.25, 0.3) is 0 Å². The summed E-state index contributed by atoms with van der Waals surface area (Å²) < 4.78 is 0. The molecule has 4 heteroatoms. The quantitative estimate of drug-likeness (QED) is 0.927. The fourth-order valence-corrected chi connectivity index (χ4v) is 3.43. The lowest BCUT2D eigenvalue weighted by Gasteiger charge is -2.35. The molecule has 1 saturated heterocycles. The van der Waals surface area contributed by atoms with Gasteiger partial charge in [-0.3, -0.25) is 4.79 Å². The summed E-state index contributed by atoms with van der Waals surface area (Å²) in [5, 5.41) is 11.2. The topological polar surface area (TPSA) is 40.5 Å². The molecule has 23 heavy (non-hydrogen) atoms. The second-order valence-corrected chi connectivity index (χ2v) is 6.39. The molecule has 3 rings (SSSR count). The molecule has 2 unspecified atom stereocenters. The second kappa shape index (κ2) is 7.16. The summed E-state index contributed by atoms with van der Waals surface area (Å²) in [5.74, 6) is 0.0398. The molecule has 0 saturated carbocycles. The maximum Gasteiger partial charge on any atom is 0.253 e. The van der Waals surface area contributed by atoms with Crippen molar-refractivity contribution in [2.45, 2.75) is 18.9 Å². The predicted octanol–water partition coefficient (Wildman–Crippen LogP) is 3.93. The third-order valence-corrected chi connectivity index (χ3v) is 4.78. The lowest BCUT2D eigenvalue weighted by atomic mass is 9.88. The van der Waals surface area contributed by atoms with E-state index in [2.05, 4.69) is 0 Å². The molecular weight excluding hydrogens is 310 g/mol. The molecule has 1 heterocycles. The van der Waals surface area contributed by atoms with Crippen LogP contribution in [0.4, 0.5) is 0 Å². The molecule has 120 valence electrons. The molecule has 0 spiro atoms. The molecule has 3 nitrogen and oxygen atoms in total. The highest BCUT2D eigenvalue weighted by Gasteiger charge is 2.30. The van der Waals surface area contributed by atoms with E-state index in [4.69, 9.17) is 11.6 Å². The lowest BCUT2D eigenvalue weighted by Crippen LogP contribution is -2.41. The van der Waals surface area contributed by atoms with Crippen LogP contribution in [0.5, 0.6) is 0 Å². The number of nitrogens with zero attached hydrogens (tertiary/aromatic N) is 1. The molecule has 0 aliphatic carbocycles. The molecule has 2 aromatic carbocycles. The molecule has 2 aromatic rings. The number of benzene rings is 2. The summed E-state index contributed by atoms with van der Waals surface area (Å²) in [6.45, 7) is 1.29. The Morgan fingerprint density at radius 3 is 2.57 bits per heavy atom. The highest BCUT2D eigenvalue weighted by atomic mass is 35.5. The van der Waals surface area contributed by atoms with E-state index in [1.807, 2.05) is 53.4 Å². The highest BCUT2D eigenvalue weighted by molar-refractivity contribution is 6.31. The largest absolute Gasteiger partial charge is 0.388 e. The van der Waals surface area contributed by atoms with Gasteiger partial charge >= 0.3 is 0 Å². The number of amides is 1. The van der Waals surface area contributed by atoms with Crippen molar-refractivity contribution in [1.82, 2.24) is 4.90 Å². The summed E-state index contributed by atoms with van der Waals surface area (Å²) in [6.07, 6.45) is 1.14. The average molecular weight is 330 g/mol. The first-order valence-corrected chi connectivity index (χ1v) is 8.31. The van der Waals surface area contributed by atoms with Crippen LogP contribution in [0, 0.1) is 5.92 Å². The van der Waals surface area contributed by atoms with E-state index in [-0.39, 0.29) is 11.8 Å². The monoisotopic (exact) mass is 329 g/mol. The zero-order valence-corrected chi connectivity index (χ0v) is 13.6. The Balaban J connectivity index is 1.73. The molecule has 0 aromatic heterocycles. The maximum absolute atomic E-state index is 12.6. The Labute approximate surface area is 141 Å². The molecular formula is C19H20ClNO2. The van der Waals surface area contributed by atoms with Gasteiger partial charge in [-0.1, -0.05) is 48.0 Å². The molecule has 1 N–H and O–H groups in total. The van der Waals surface area contributed by atoms with Crippen LogP contribution < -0.4 is 0 Å². The smallest absolute Gasteiger partial charge is 0.253 e. The molecule has 2 atom stereocenters. The van der Waals surface area contributed by atoms with E-state index < -0.39 is 6.10 Å². The first-order chi connectivity index (χ1) is 11.2. The number of piperidine rings is 1. The van der Waals surface area contributed by atoms with E-state index >= 15 is 0 Å². The van der Waals surface area contributed by atoms with Crippen LogP contribution >= 0.6 is 11.6 Å². The minimum atomic E-state index is -0.643. The average Bonchev–Trinajstić information content (AvgIpc) is 2.62. The zero-order valence-electron chi connectivity index (χ0n) is 12.9. The van der Waals surface area contributed by atoms with Crippen LogP contribution in [0.1, 0.15) is 34.9 Å². The van der Waals surface area contributed by atoms with Crippen LogP contribution in [-0.4, -0.2) is 29.0 Å². The van der Waals surface area contributed by atoms with Crippen molar-refractivity contribution in [3.8, 4) is 0 Å². The van der Waals surface area contributed by atoms with Crippen molar-refractivity contribution in [1.29, 1.82) is 0 Å². The number of rotatable bonds is 3. The summed E-state index contributed by atoms with van der Waals surface area (Å²) >= 11 is 6.19. The lowest BCUT2D eigenvalue weighted by molar-refractivity contribution is 0.0401. The van der Waals surface area contributed by atoms with Crippen molar-refractivity contribution in [3.63, 3.8) is 0 Å². The van der Waals surface area contributed by atoms with Crippen molar-refractivity contribution < 1.29 is 9.90 Å². The van der Waals surface area contributed by atoms with Gasteiger partial charge in [0.2, 0.25) is 0 Å². The van der Waals surface area contributed by atoms with E-state index in [0.717, 1.165) is 24.9 Å².